The van der Waals surface area contributed by atoms with Gasteiger partial charge in [-0.15, -0.1) is 0 Å². The van der Waals surface area contributed by atoms with Crippen molar-refractivity contribution in [1.29, 1.82) is 0 Å². The Hall–Kier alpha value is -1.47. The van der Waals surface area contributed by atoms with Crippen molar-refractivity contribution in [2.45, 2.75) is 13.3 Å². The smallest absolute Gasteiger partial charge is 0.252 e. The number of carbonyl (C=O) groups is 1. The molecule has 0 aliphatic carbocycles. The molecule has 0 aromatic carbocycles. The first-order valence-corrected chi connectivity index (χ1v) is 7.79. The Balaban J connectivity index is 1.83. The van der Waals surface area contributed by atoms with Crippen molar-refractivity contribution in [3.8, 4) is 0 Å². The first-order valence-electron chi connectivity index (χ1n) is 6.18. The van der Waals surface area contributed by atoms with Gasteiger partial charge in [0.05, 0.1) is 11.3 Å². The third kappa shape index (κ3) is 3.51. The van der Waals surface area contributed by atoms with Crippen LogP contribution >= 0.6 is 0 Å². The molecule has 0 bridgehead atoms. The highest BCUT2D eigenvalue weighted by Crippen LogP contribution is 2.11. The van der Waals surface area contributed by atoms with Crippen LogP contribution in [0, 0.1) is 6.92 Å². The van der Waals surface area contributed by atoms with E-state index in [-0.39, 0.29) is 11.7 Å². The van der Waals surface area contributed by atoms with Gasteiger partial charge >= 0.3 is 0 Å². The molecule has 0 radical (unpaired) electrons. The summed E-state index contributed by atoms with van der Waals surface area (Å²) in [7, 11) is -3.09. The highest BCUT2D eigenvalue weighted by atomic mass is 32.2. The Morgan fingerprint density at radius 3 is 2.84 bits per heavy atom. The summed E-state index contributed by atoms with van der Waals surface area (Å²) in [5.41, 5.74) is 1.33. The van der Waals surface area contributed by atoms with Crippen LogP contribution in [0.4, 0.5) is 0 Å². The molecule has 1 aliphatic rings. The number of nitrogens with zero attached hydrogens (tertiary/aromatic N) is 2. The van der Waals surface area contributed by atoms with Crippen LogP contribution in [-0.4, -0.2) is 49.0 Å². The van der Waals surface area contributed by atoms with E-state index in [9.17, 15) is 13.2 Å². The summed E-state index contributed by atoms with van der Waals surface area (Å²) in [5, 5.41) is 2.70. The molecule has 0 saturated carbocycles. The Morgan fingerprint density at radius 1 is 1.47 bits per heavy atom. The van der Waals surface area contributed by atoms with Crippen LogP contribution in [0.15, 0.2) is 18.3 Å². The topological polar surface area (TPSA) is 79.4 Å². The zero-order valence-electron chi connectivity index (χ0n) is 10.8. The van der Waals surface area contributed by atoms with Crippen LogP contribution in [-0.2, 0) is 10.0 Å². The standard InChI is InChI=1S/C12H17N3O3S/c1-10-3-4-11(9-14-10)12(16)13-5-7-15-6-2-8-19(15,17)18/h3-4,9H,2,5-8H2,1H3,(H,13,16). The average Bonchev–Trinajstić information content (AvgIpc) is 2.69. The van der Waals surface area contributed by atoms with Crippen molar-refractivity contribution < 1.29 is 13.2 Å². The Morgan fingerprint density at radius 2 is 2.26 bits per heavy atom. The van der Waals surface area contributed by atoms with Gasteiger partial charge in [0.1, 0.15) is 0 Å². The maximum Gasteiger partial charge on any atom is 0.252 e. The number of rotatable bonds is 4. The van der Waals surface area contributed by atoms with E-state index in [0.29, 0.717) is 31.6 Å². The van der Waals surface area contributed by atoms with Crippen LogP contribution < -0.4 is 5.32 Å². The molecule has 19 heavy (non-hydrogen) atoms. The normalized spacial score (nSPS) is 18.4. The van der Waals surface area contributed by atoms with Crippen molar-refractivity contribution >= 4 is 15.9 Å². The van der Waals surface area contributed by atoms with E-state index in [1.807, 2.05) is 6.92 Å². The molecule has 2 heterocycles. The van der Waals surface area contributed by atoms with Crippen LogP contribution in [0.1, 0.15) is 22.5 Å². The van der Waals surface area contributed by atoms with E-state index in [4.69, 9.17) is 0 Å². The summed E-state index contributed by atoms with van der Waals surface area (Å²) in [6.45, 7) is 3.03. The van der Waals surface area contributed by atoms with Crippen molar-refractivity contribution in [2.75, 3.05) is 25.4 Å². The molecule has 1 amide bonds. The second-order valence-electron chi connectivity index (χ2n) is 4.51. The maximum atomic E-state index is 11.8. The lowest BCUT2D eigenvalue weighted by Crippen LogP contribution is -2.35. The lowest BCUT2D eigenvalue weighted by atomic mass is 10.2. The molecule has 1 aromatic heterocycles. The summed E-state index contributed by atoms with van der Waals surface area (Å²) in [6.07, 6.45) is 2.18. The molecule has 1 aromatic rings. The molecular weight excluding hydrogens is 266 g/mol. The second-order valence-corrected chi connectivity index (χ2v) is 6.60. The van der Waals surface area contributed by atoms with Crippen molar-refractivity contribution in [3.63, 3.8) is 0 Å². The molecule has 1 N–H and O–H groups in total. The lowest BCUT2D eigenvalue weighted by molar-refractivity contribution is 0.0951. The Kier molecular flexibility index (Phi) is 4.16. The number of hydrogen-bond acceptors (Lipinski definition) is 4. The van der Waals surface area contributed by atoms with Crippen LogP contribution in [0.2, 0.25) is 0 Å². The Labute approximate surface area is 112 Å². The molecule has 6 nitrogen and oxygen atoms in total. The minimum Gasteiger partial charge on any atom is -0.351 e. The van der Waals surface area contributed by atoms with Gasteiger partial charge in [-0.1, -0.05) is 0 Å². The molecule has 0 spiro atoms. The molecule has 7 heteroatoms. The van der Waals surface area contributed by atoms with Crippen LogP contribution in [0.5, 0.6) is 0 Å². The van der Waals surface area contributed by atoms with Gasteiger partial charge in [0.2, 0.25) is 10.0 Å². The number of aromatic nitrogens is 1. The molecule has 2 rings (SSSR count). The molecule has 1 saturated heterocycles. The number of sulfonamides is 1. The molecule has 104 valence electrons. The zero-order valence-corrected chi connectivity index (χ0v) is 11.6. The van der Waals surface area contributed by atoms with E-state index >= 15 is 0 Å². The highest BCUT2D eigenvalue weighted by Gasteiger charge is 2.27. The number of hydrogen-bond donors (Lipinski definition) is 1. The van der Waals surface area contributed by atoms with Crippen LogP contribution in [0.25, 0.3) is 0 Å². The molecule has 0 atom stereocenters. The van der Waals surface area contributed by atoms with E-state index in [1.54, 1.807) is 12.1 Å². The predicted molar refractivity (Wildman–Crippen MR) is 71.3 cm³/mol. The molecule has 1 fully saturated rings. The molecule has 1 aliphatic heterocycles. The zero-order chi connectivity index (χ0) is 13.9. The summed E-state index contributed by atoms with van der Waals surface area (Å²) in [5.74, 6) is -0.0212. The fraction of sp³-hybridized carbons (Fsp3) is 0.500. The molecule has 0 unspecified atom stereocenters. The summed E-state index contributed by atoms with van der Waals surface area (Å²) >= 11 is 0. The van der Waals surface area contributed by atoms with Gasteiger partial charge in [-0.3, -0.25) is 9.78 Å². The fourth-order valence-electron chi connectivity index (χ4n) is 1.94. The van der Waals surface area contributed by atoms with Gasteiger partial charge in [-0.05, 0) is 25.5 Å². The maximum absolute atomic E-state index is 11.8. The number of pyridine rings is 1. The van der Waals surface area contributed by atoms with Gasteiger partial charge in [-0.2, -0.15) is 0 Å². The lowest BCUT2D eigenvalue weighted by Gasteiger charge is -2.14. The monoisotopic (exact) mass is 283 g/mol. The summed E-state index contributed by atoms with van der Waals surface area (Å²) < 4.78 is 24.5. The largest absolute Gasteiger partial charge is 0.351 e. The van der Waals surface area contributed by atoms with Gasteiger partial charge in [-0.25, -0.2) is 12.7 Å². The third-order valence-electron chi connectivity index (χ3n) is 3.02. The number of nitrogens with one attached hydrogen (secondary N) is 1. The Bertz CT molecular complexity index is 554. The first kappa shape index (κ1) is 14.0. The predicted octanol–water partition coefficient (Wildman–Crippen LogP) is 0.155. The average molecular weight is 283 g/mol. The number of amides is 1. The number of aryl methyl sites for hydroxylation is 1. The minimum absolute atomic E-state index is 0.211. The molecular formula is C12H17N3O3S. The van der Waals surface area contributed by atoms with E-state index in [1.165, 1.54) is 10.5 Å². The van der Waals surface area contributed by atoms with Gasteiger partial charge in [0, 0.05) is 31.5 Å². The van der Waals surface area contributed by atoms with Crippen molar-refractivity contribution in [2.24, 2.45) is 0 Å². The van der Waals surface area contributed by atoms with E-state index < -0.39 is 10.0 Å². The van der Waals surface area contributed by atoms with Gasteiger partial charge in [0.25, 0.3) is 5.91 Å². The minimum atomic E-state index is -3.09. The highest BCUT2D eigenvalue weighted by molar-refractivity contribution is 7.89. The van der Waals surface area contributed by atoms with Crippen molar-refractivity contribution in [1.82, 2.24) is 14.6 Å². The summed E-state index contributed by atoms with van der Waals surface area (Å²) in [6, 6.07) is 3.46. The van der Waals surface area contributed by atoms with Gasteiger partial charge in [0.15, 0.2) is 0 Å². The summed E-state index contributed by atoms with van der Waals surface area (Å²) in [4.78, 5) is 15.8. The van der Waals surface area contributed by atoms with Gasteiger partial charge < -0.3 is 5.32 Å². The fourth-order valence-corrected chi connectivity index (χ4v) is 3.47. The second kappa shape index (κ2) is 5.66. The number of carbonyl (C=O) groups excluding carboxylic acids is 1. The first-order chi connectivity index (χ1) is 8.99. The third-order valence-corrected chi connectivity index (χ3v) is 4.98. The van der Waals surface area contributed by atoms with Crippen LogP contribution in [0.3, 0.4) is 0 Å². The quantitative estimate of drug-likeness (QED) is 0.853. The van der Waals surface area contributed by atoms with E-state index in [2.05, 4.69) is 10.3 Å². The van der Waals surface area contributed by atoms with Crippen molar-refractivity contribution in [3.05, 3.63) is 29.6 Å². The van der Waals surface area contributed by atoms with E-state index in [0.717, 1.165) is 5.69 Å². The SMILES string of the molecule is Cc1ccc(C(=O)NCCN2CCCS2(=O)=O)cn1.